The molecule has 1 heterocycles. The van der Waals surface area contributed by atoms with Crippen LogP contribution in [0.15, 0.2) is 18.5 Å². The molecule has 1 aromatic carbocycles. The summed E-state index contributed by atoms with van der Waals surface area (Å²) in [4.78, 5) is 8.56. The van der Waals surface area contributed by atoms with Gasteiger partial charge >= 0.3 is 0 Å². The van der Waals surface area contributed by atoms with Crippen LogP contribution in [0.4, 0.5) is 5.82 Å². The van der Waals surface area contributed by atoms with E-state index in [1.54, 1.807) is 13.4 Å². The third-order valence-electron chi connectivity index (χ3n) is 3.34. The molecule has 4 heteroatoms. The molecule has 2 aromatic rings. The van der Waals surface area contributed by atoms with E-state index in [4.69, 9.17) is 4.74 Å². The first-order valence-corrected chi connectivity index (χ1v) is 6.23. The van der Waals surface area contributed by atoms with Gasteiger partial charge in [-0.1, -0.05) is 6.07 Å². The van der Waals surface area contributed by atoms with Crippen LogP contribution in [0.25, 0.3) is 11.3 Å². The van der Waals surface area contributed by atoms with Crippen LogP contribution in [-0.4, -0.2) is 24.1 Å². The van der Waals surface area contributed by atoms with Gasteiger partial charge in [-0.05, 0) is 43.5 Å². The molecule has 1 aromatic heterocycles. The number of hydrogen-bond acceptors (Lipinski definition) is 4. The highest BCUT2D eigenvalue weighted by atomic mass is 16.5. The predicted octanol–water partition coefficient (Wildman–Crippen LogP) is 3.12. The zero-order valence-electron chi connectivity index (χ0n) is 12.0. The highest BCUT2D eigenvalue weighted by Crippen LogP contribution is 2.35. The van der Waals surface area contributed by atoms with Crippen molar-refractivity contribution in [3.8, 4) is 17.0 Å². The van der Waals surface area contributed by atoms with Crippen LogP contribution in [0.1, 0.15) is 16.7 Å². The molecule has 100 valence electrons. The van der Waals surface area contributed by atoms with Crippen molar-refractivity contribution in [2.75, 3.05) is 19.5 Å². The van der Waals surface area contributed by atoms with Gasteiger partial charge in [-0.15, -0.1) is 0 Å². The summed E-state index contributed by atoms with van der Waals surface area (Å²) in [5, 5.41) is 3.03. The molecule has 0 spiro atoms. The second-order valence-corrected chi connectivity index (χ2v) is 4.61. The molecule has 0 amide bonds. The molecular weight excluding hydrogens is 238 g/mol. The Bertz CT molecular complexity index is 609. The van der Waals surface area contributed by atoms with E-state index in [0.29, 0.717) is 11.6 Å². The third kappa shape index (κ3) is 2.38. The van der Waals surface area contributed by atoms with E-state index in [1.165, 1.54) is 16.7 Å². The van der Waals surface area contributed by atoms with E-state index < -0.39 is 0 Å². The Hall–Kier alpha value is -2.10. The minimum atomic E-state index is 0.677. The molecule has 0 radical (unpaired) electrons. The van der Waals surface area contributed by atoms with Gasteiger partial charge in [-0.2, -0.15) is 0 Å². The van der Waals surface area contributed by atoms with Crippen molar-refractivity contribution in [2.45, 2.75) is 20.8 Å². The normalized spacial score (nSPS) is 10.4. The Morgan fingerprint density at radius 2 is 1.68 bits per heavy atom. The summed E-state index contributed by atoms with van der Waals surface area (Å²) in [6.45, 7) is 6.30. The standard InChI is InChI=1S/C15H19N3O/c1-9-6-11(3)12(7-10(9)2)13-14(19-5)15(16-4)18-8-17-13/h6-8H,1-5H3,(H,16,17,18). The molecule has 0 atom stereocenters. The Kier molecular flexibility index (Phi) is 3.69. The van der Waals surface area contributed by atoms with Crippen LogP contribution >= 0.6 is 0 Å². The summed E-state index contributed by atoms with van der Waals surface area (Å²) < 4.78 is 5.46. The topological polar surface area (TPSA) is 47.0 Å². The SMILES string of the molecule is CNc1ncnc(-c2cc(C)c(C)cc2C)c1OC. The lowest BCUT2D eigenvalue weighted by molar-refractivity contribution is 0.415. The second-order valence-electron chi connectivity index (χ2n) is 4.61. The number of aromatic nitrogens is 2. The zero-order valence-corrected chi connectivity index (χ0v) is 12.0. The van der Waals surface area contributed by atoms with Crippen molar-refractivity contribution in [3.05, 3.63) is 35.2 Å². The van der Waals surface area contributed by atoms with Gasteiger partial charge < -0.3 is 10.1 Å². The number of nitrogens with zero attached hydrogens (tertiary/aromatic N) is 2. The number of anilines is 1. The molecule has 0 unspecified atom stereocenters. The van der Waals surface area contributed by atoms with Crippen molar-refractivity contribution in [3.63, 3.8) is 0 Å². The Morgan fingerprint density at radius 3 is 2.32 bits per heavy atom. The van der Waals surface area contributed by atoms with Gasteiger partial charge in [0.2, 0.25) is 0 Å². The third-order valence-corrected chi connectivity index (χ3v) is 3.34. The van der Waals surface area contributed by atoms with Gasteiger partial charge in [0.1, 0.15) is 12.0 Å². The zero-order chi connectivity index (χ0) is 14.0. The van der Waals surface area contributed by atoms with Crippen LogP contribution in [0.2, 0.25) is 0 Å². The smallest absolute Gasteiger partial charge is 0.187 e. The Balaban J connectivity index is 2.68. The van der Waals surface area contributed by atoms with Crippen molar-refractivity contribution < 1.29 is 4.74 Å². The minimum Gasteiger partial charge on any atom is -0.491 e. The van der Waals surface area contributed by atoms with E-state index in [2.05, 4.69) is 48.2 Å². The summed E-state index contributed by atoms with van der Waals surface area (Å²) in [5.41, 5.74) is 5.61. The largest absolute Gasteiger partial charge is 0.491 e. The first-order valence-electron chi connectivity index (χ1n) is 6.23. The molecule has 0 saturated heterocycles. The number of ether oxygens (including phenoxy) is 1. The lowest BCUT2D eigenvalue weighted by Gasteiger charge is -2.14. The monoisotopic (exact) mass is 257 g/mol. The van der Waals surface area contributed by atoms with E-state index in [-0.39, 0.29) is 0 Å². The molecule has 2 rings (SSSR count). The van der Waals surface area contributed by atoms with E-state index in [9.17, 15) is 0 Å². The summed E-state index contributed by atoms with van der Waals surface area (Å²) in [6, 6.07) is 4.32. The second kappa shape index (κ2) is 5.26. The summed E-state index contributed by atoms with van der Waals surface area (Å²) >= 11 is 0. The molecule has 0 aliphatic heterocycles. The van der Waals surface area contributed by atoms with Gasteiger partial charge in [0.15, 0.2) is 11.6 Å². The average molecular weight is 257 g/mol. The van der Waals surface area contributed by atoms with Gasteiger partial charge in [0.05, 0.1) is 7.11 Å². The van der Waals surface area contributed by atoms with Gasteiger partial charge in [0, 0.05) is 12.6 Å². The molecular formula is C15H19N3O. The predicted molar refractivity (Wildman–Crippen MR) is 77.8 cm³/mol. The average Bonchev–Trinajstić information content (AvgIpc) is 2.41. The number of methoxy groups -OCH3 is 1. The first kappa shape index (κ1) is 13.3. The minimum absolute atomic E-state index is 0.677. The Morgan fingerprint density at radius 1 is 1.00 bits per heavy atom. The molecule has 1 N–H and O–H groups in total. The maximum atomic E-state index is 5.46. The molecule has 0 bridgehead atoms. The molecule has 4 nitrogen and oxygen atoms in total. The fraction of sp³-hybridized carbons (Fsp3) is 0.333. The van der Waals surface area contributed by atoms with E-state index >= 15 is 0 Å². The number of nitrogens with one attached hydrogen (secondary N) is 1. The molecule has 0 aliphatic rings. The van der Waals surface area contributed by atoms with Gasteiger partial charge in [0.25, 0.3) is 0 Å². The van der Waals surface area contributed by atoms with Gasteiger partial charge in [-0.25, -0.2) is 9.97 Å². The van der Waals surface area contributed by atoms with E-state index in [1.807, 2.05) is 7.05 Å². The van der Waals surface area contributed by atoms with Crippen molar-refractivity contribution in [1.29, 1.82) is 0 Å². The molecule has 0 aliphatic carbocycles. The molecule has 19 heavy (non-hydrogen) atoms. The fourth-order valence-electron chi connectivity index (χ4n) is 2.15. The summed E-state index contributed by atoms with van der Waals surface area (Å²) in [5.74, 6) is 1.38. The lowest BCUT2D eigenvalue weighted by Crippen LogP contribution is -2.01. The van der Waals surface area contributed by atoms with Crippen molar-refractivity contribution in [2.24, 2.45) is 0 Å². The number of hydrogen-bond donors (Lipinski definition) is 1. The quantitative estimate of drug-likeness (QED) is 0.917. The van der Waals surface area contributed by atoms with Crippen LogP contribution in [0.3, 0.4) is 0 Å². The first-order chi connectivity index (χ1) is 9.08. The number of benzene rings is 1. The van der Waals surface area contributed by atoms with Crippen LogP contribution in [0, 0.1) is 20.8 Å². The molecule has 0 fully saturated rings. The van der Waals surface area contributed by atoms with Gasteiger partial charge in [-0.3, -0.25) is 0 Å². The van der Waals surface area contributed by atoms with Crippen LogP contribution in [-0.2, 0) is 0 Å². The van der Waals surface area contributed by atoms with E-state index in [0.717, 1.165) is 11.3 Å². The van der Waals surface area contributed by atoms with Crippen molar-refractivity contribution >= 4 is 5.82 Å². The highest BCUT2D eigenvalue weighted by Gasteiger charge is 2.15. The fourth-order valence-corrected chi connectivity index (χ4v) is 2.15. The lowest BCUT2D eigenvalue weighted by atomic mass is 9.98. The maximum Gasteiger partial charge on any atom is 0.187 e. The Labute approximate surface area is 113 Å². The number of aryl methyl sites for hydroxylation is 3. The summed E-state index contributed by atoms with van der Waals surface area (Å²) in [6.07, 6.45) is 1.55. The summed E-state index contributed by atoms with van der Waals surface area (Å²) in [7, 11) is 3.46. The number of rotatable bonds is 3. The van der Waals surface area contributed by atoms with Crippen LogP contribution in [0.5, 0.6) is 5.75 Å². The van der Waals surface area contributed by atoms with Crippen molar-refractivity contribution in [1.82, 2.24) is 9.97 Å². The highest BCUT2D eigenvalue weighted by molar-refractivity contribution is 5.75. The maximum absolute atomic E-state index is 5.46. The molecule has 0 saturated carbocycles. The van der Waals surface area contributed by atoms with Crippen LogP contribution < -0.4 is 10.1 Å².